The standard InChI is InChI=1S/C10H21N3O.ClH/c1-7-6-13(3-2-8(7)11)9-4-12-5-10(9)14;/h7-10,12,14H,2-6,11H2,1H3;1H/t7?,8?,9-,10-;/m1./s1. The first kappa shape index (κ1) is 13.2. The van der Waals surface area contributed by atoms with Crippen LogP contribution < -0.4 is 11.1 Å². The Labute approximate surface area is 97.6 Å². The van der Waals surface area contributed by atoms with Gasteiger partial charge in [-0.25, -0.2) is 0 Å². The number of piperidine rings is 1. The Balaban J connectivity index is 0.00000112. The highest BCUT2D eigenvalue weighted by Gasteiger charge is 2.34. The largest absolute Gasteiger partial charge is 0.390 e. The third kappa shape index (κ3) is 2.82. The first-order valence-electron chi connectivity index (χ1n) is 5.57. The summed E-state index contributed by atoms with van der Waals surface area (Å²) in [5.74, 6) is 0.552. The Kier molecular flexibility index (Phi) is 4.80. The summed E-state index contributed by atoms with van der Waals surface area (Å²) >= 11 is 0. The van der Waals surface area contributed by atoms with Crippen molar-refractivity contribution in [3.05, 3.63) is 0 Å². The van der Waals surface area contributed by atoms with Gasteiger partial charge in [-0.05, 0) is 12.3 Å². The molecule has 2 aliphatic rings. The molecule has 4 nitrogen and oxygen atoms in total. The van der Waals surface area contributed by atoms with Crippen LogP contribution in [0.2, 0.25) is 0 Å². The van der Waals surface area contributed by atoms with Crippen molar-refractivity contribution in [1.29, 1.82) is 0 Å². The molecule has 4 atom stereocenters. The zero-order valence-corrected chi connectivity index (χ0v) is 10.0. The van der Waals surface area contributed by atoms with Crippen molar-refractivity contribution in [2.75, 3.05) is 26.2 Å². The van der Waals surface area contributed by atoms with E-state index in [-0.39, 0.29) is 18.5 Å². The molecule has 2 fully saturated rings. The van der Waals surface area contributed by atoms with Gasteiger partial charge < -0.3 is 16.2 Å². The van der Waals surface area contributed by atoms with Crippen molar-refractivity contribution < 1.29 is 5.11 Å². The number of hydrogen-bond acceptors (Lipinski definition) is 4. The molecule has 2 rings (SSSR count). The molecule has 0 saturated carbocycles. The number of rotatable bonds is 1. The number of β-amino-alcohol motifs (C(OH)–C–C–N with tert-alkyl or cyclic N) is 1. The molecule has 5 heteroatoms. The van der Waals surface area contributed by atoms with Crippen molar-refractivity contribution in [3.63, 3.8) is 0 Å². The van der Waals surface area contributed by atoms with E-state index < -0.39 is 0 Å². The van der Waals surface area contributed by atoms with Crippen LogP contribution in [0.3, 0.4) is 0 Å². The average Bonchev–Trinajstić information content (AvgIpc) is 2.57. The normalized spacial score (nSPS) is 42.6. The minimum atomic E-state index is -0.198. The molecule has 0 amide bonds. The second-order valence-corrected chi connectivity index (χ2v) is 4.72. The van der Waals surface area contributed by atoms with E-state index in [1.54, 1.807) is 0 Å². The van der Waals surface area contributed by atoms with Crippen LogP contribution in [0.1, 0.15) is 13.3 Å². The third-order valence-electron chi connectivity index (χ3n) is 3.62. The van der Waals surface area contributed by atoms with Crippen molar-refractivity contribution in [3.8, 4) is 0 Å². The molecule has 0 bridgehead atoms. The smallest absolute Gasteiger partial charge is 0.0831 e. The lowest BCUT2D eigenvalue weighted by atomic mass is 9.93. The van der Waals surface area contributed by atoms with Gasteiger partial charge in [0.15, 0.2) is 0 Å². The highest BCUT2D eigenvalue weighted by molar-refractivity contribution is 5.85. The lowest BCUT2D eigenvalue weighted by Crippen LogP contribution is -2.53. The van der Waals surface area contributed by atoms with E-state index in [1.807, 2.05) is 0 Å². The molecule has 90 valence electrons. The maximum atomic E-state index is 9.76. The van der Waals surface area contributed by atoms with E-state index in [4.69, 9.17) is 5.73 Å². The fourth-order valence-corrected chi connectivity index (χ4v) is 2.52. The first-order chi connectivity index (χ1) is 6.68. The number of aliphatic hydroxyl groups excluding tert-OH is 1. The molecule has 4 N–H and O–H groups in total. The Morgan fingerprint density at radius 3 is 2.67 bits per heavy atom. The van der Waals surface area contributed by atoms with Crippen molar-refractivity contribution in [2.24, 2.45) is 11.7 Å². The van der Waals surface area contributed by atoms with Gasteiger partial charge in [-0.2, -0.15) is 0 Å². The average molecular weight is 236 g/mol. The number of hydrogen-bond donors (Lipinski definition) is 3. The van der Waals surface area contributed by atoms with Gasteiger partial charge in [0.25, 0.3) is 0 Å². The molecule has 2 unspecified atom stereocenters. The maximum absolute atomic E-state index is 9.76. The summed E-state index contributed by atoms with van der Waals surface area (Å²) in [5, 5.41) is 13.0. The Morgan fingerprint density at radius 1 is 1.40 bits per heavy atom. The van der Waals surface area contributed by atoms with Crippen molar-refractivity contribution in [1.82, 2.24) is 10.2 Å². The van der Waals surface area contributed by atoms with Crippen LogP contribution in [0, 0.1) is 5.92 Å². The molecule has 0 aromatic carbocycles. The SMILES string of the molecule is CC1CN([C@@H]2CNC[C@H]2O)CCC1N.Cl. The van der Waals surface area contributed by atoms with E-state index in [9.17, 15) is 5.11 Å². The van der Waals surface area contributed by atoms with Crippen molar-refractivity contribution >= 4 is 12.4 Å². The minimum Gasteiger partial charge on any atom is -0.390 e. The van der Waals surface area contributed by atoms with Gasteiger partial charge in [-0.3, -0.25) is 4.90 Å². The Hall–Kier alpha value is 0.130. The number of likely N-dealkylation sites (tertiary alicyclic amines) is 1. The number of halogens is 1. The van der Waals surface area contributed by atoms with Crippen LogP contribution in [-0.4, -0.2) is 54.4 Å². The summed E-state index contributed by atoms with van der Waals surface area (Å²) in [4.78, 5) is 2.39. The highest BCUT2D eigenvalue weighted by atomic mass is 35.5. The molecule has 15 heavy (non-hydrogen) atoms. The quantitative estimate of drug-likeness (QED) is 0.569. The molecule has 0 spiro atoms. The van der Waals surface area contributed by atoms with Gasteiger partial charge >= 0.3 is 0 Å². The molecule has 0 aromatic heterocycles. The Morgan fingerprint density at radius 2 is 2.13 bits per heavy atom. The number of nitrogens with one attached hydrogen (secondary N) is 1. The monoisotopic (exact) mass is 235 g/mol. The van der Waals surface area contributed by atoms with Crippen LogP contribution in [0.15, 0.2) is 0 Å². The first-order valence-corrected chi connectivity index (χ1v) is 5.57. The van der Waals surface area contributed by atoms with Gasteiger partial charge in [-0.1, -0.05) is 6.92 Å². The van der Waals surface area contributed by atoms with Gasteiger partial charge in [0.2, 0.25) is 0 Å². The zero-order chi connectivity index (χ0) is 10.1. The lowest BCUT2D eigenvalue weighted by Gasteiger charge is -2.39. The number of aliphatic hydroxyl groups is 1. The predicted octanol–water partition coefficient (Wildman–Crippen LogP) is -0.590. The van der Waals surface area contributed by atoms with Crippen LogP contribution in [0.25, 0.3) is 0 Å². The second kappa shape index (κ2) is 5.46. The fraction of sp³-hybridized carbons (Fsp3) is 1.00. The van der Waals surface area contributed by atoms with Gasteiger partial charge in [-0.15, -0.1) is 12.4 Å². The van der Waals surface area contributed by atoms with Crippen LogP contribution >= 0.6 is 12.4 Å². The summed E-state index contributed by atoms with van der Waals surface area (Å²) in [6.45, 7) is 5.93. The lowest BCUT2D eigenvalue weighted by molar-refractivity contribution is 0.0506. The Bertz CT molecular complexity index is 205. The minimum absolute atomic E-state index is 0. The van der Waals surface area contributed by atoms with Crippen LogP contribution in [-0.2, 0) is 0 Å². The van der Waals surface area contributed by atoms with Gasteiger partial charge in [0, 0.05) is 38.3 Å². The van der Waals surface area contributed by atoms with Gasteiger partial charge in [0.1, 0.15) is 0 Å². The van der Waals surface area contributed by atoms with Crippen molar-refractivity contribution in [2.45, 2.75) is 31.5 Å². The van der Waals surface area contributed by atoms with E-state index in [1.165, 1.54) is 0 Å². The summed E-state index contributed by atoms with van der Waals surface area (Å²) in [5.41, 5.74) is 5.97. The summed E-state index contributed by atoms with van der Waals surface area (Å²) < 4.78 is 0. The highest BCUT2D eigenvalue weighted by Crippen LogP contribution is 2.19. The molecule has 2 aliphatic heterocycles. The number of nitrogens with zero attached hydrogens (tertiary/aromatic N) is 1. The van der Waals surface area contributed by atoms with E-state index >= 15 is 0 Å². The molecule has 2 saturated heterocycles. The molecular weight excluding hydrogens is 214 g/mol. The summed E-state index contributed by atoms with van der Waals surface area (Å²) in [7, 11) is 0. The zero-order valence-electron chi connectivity index (χ0n) is 9.22. The molecule has 0 radical (unpaired) electrons. The molecular formula is C10H22ClN3O. The van der Waals surface area contributed by atoms with Crippen LogP contribution in [0.4, 0.5) is 0 Å². The van der Waals surface area contributed by atoms with E-state index in [2.05, 4.69) is 17.1 Å². The summed E-state index contributed by atoms with van der Waals surface area (Å²) in [6, 6.07) is 0.655. The predicted molar refractivity (Wildman–Crippen MR) is 63.2 cm³/mol. The van der Waals surface area contributed by atoms with E-state index in [0.29, 0.717) is 18.0 Å². The third-order valence-corrected chi connectivity index (χ3v) is 3.62. The second-order valence-electron chi connectivity index (χ2n) is 4.72. The van der Waals surface area contributed by atoms with Gasteiger partial charge in [0.05, 0.1) is 6.10 Å². The number of nitrogens with two attached hydrogens (primary N) is 1. The molecule has 0 aromatic rings. The topological polar surface area (TPSA) is 61.5 Å². The summed E-state index contributed by atoms with van der Waals surface area (Å²) in [6.07, 6.45) is 0.862. The fourth-order valence-electron chi connectivity index (χ4n) is 2.52. The molecule has 2 heterocycles. The molecule has 0 aliphatic carbocycles. The van der Waals surface area contributed by atoms with Crippen LogP contribution in [0.5, 0.6) is 0 Å². The maximum Gasteiger partial charge on any atom is 0.0831 e. The van der Waals surface area contributed by atoms with E-state index in [0.717, 1.165) is 32.6 Å².